The minimum absolute atomic E-state index is 0. The second kappa shape index (κ2) is 8.48. The summed E-state index contributed by atoms with van der Waals surface area (Å²) < 4.78 is 34.4. The number of amides is 1. The Morgan fingerprint density at radius 1 is 1.33 bits per heavy atom. The van der Waals surface area contributed by atoms with Gasteiger partial charge in [0, 0.05) is 13.6 Å². The molecule has 8 heteroatoms. The fraction of sp³-hybridized carbons (Fsp3) is 0.562. The zero-order chi connectivity index (χ0) is 17.0. The van der Waals surface area contributed by atoms with Gasteiger partial charge in [-0.25, -0.2) is 0 Å². The molecule has 1 aliphatic carbocycles. The second-order valence-electron chi connectivity index (χ2n) is 5.89. The summed E-state index contributed by atoms with van der Waals surface area (Å²) in [5.41, 5.74) is 6.03. The molecule has 5 nitrogen and oxygen atoms in total. The number of likely N-dealkylation sites (N-methyl/N-ethyl adjacent to an activating group) is 1. The van der Waals surface area contributed by atoms with E-state index in [0.29, 0.717) is 18.4 Å². The average Bonchev–Trinajstić information content (AvgIpc) is 2.94. The number of carbonyl (C=O) groups excluding carboxylic acids is 1. The molecule has 0 radical (unpaired) electrons. The van der Waals surface area contributed by atoms with Crippen molar-refractivity contribution in [2.24, 2.45) is 5.73 Å². The van der Waals surface area contributed by atoms with Crippen LogP contribution in [0.4, 0.5) is 8.78 Å². The van der Waals surface area contributed by atoms with E-state index in [4.69, 9.17) is 10.5 Å². The van der Waals surface area contributed by atoms with E-state index in [2.05, 4.69) is 4.74 Å². The molecule has 136 valence electrons. The molecule has 24 heavy (non-hydrogen) atoms. The van der Waals surface area contributed by atoms with Gasteiger partial charge in [0.2, 0.25) is 5.91 Å². The van der Waals surface area contributed by atoms with E-state index in [1.54, 1.807) is 19.2 Å². The lowest BCUT2D eigenvalue weighted by atomic mass is 9.97. The number of nitrogens with two attached hydrogens (primary N) is 1. The highest BCUT2D eigenvalue weighted by molar-refractivity contribution is 5.86. The Morgan fingerprint density at radius 2 is 1.96 bits per heavy atom. The van der Waals surface area contributed by atoms with Crippen molar-refractivity contribution in [1.82, 2.24) is 4.90 Å². The van der Waals surface area contributed by atoms with Crippen molar-refractivity contribution in [3.8, 4) is 11.5 Å². The molecule has 1 fully saturated rings. The van der Waals surface area contributed by atoms with Crippen LogP contribution in [0, 0.1) is 0 Å². The summed E-state index contributed by atoms with van der Waals surface area (Å²) in [6.07, 6.45) is 3.26. The SMILES string of the molecule is COc1ccc(CN(C)C(=O)C2(N)CCCC2)cc1OC(F)F.Cl. The number of benzene rings is 1. The first kappa shape index (κ1) is 20.4. The number of nitrogens with zero attached hydrogens (tertiary/aromatic N) is 1. The number of alkyl halides is 2. The van der Waals surface area contributed by atoms with Crippen LogP contribution in [0.3, 0.4) is 0 Å². The first-order chi connectivity index (χ1) is 10.9. The van der Waals surface area contributed by atoms with Gasteiger partial charge in [0.05, 0.1) is 12.6 Å². The molecular formula is C16H23ClF2N2O3. The second-order valence-corrected chi connectivity index (χ2v) is 5.89. The summed E-state index contributed by atoms with van der Waals surface area (Å²) in [6.45, 7) is -2.68. The number of rotatable bonds is 6. The molecule has 0 aliphatic heterocycles. The first-order valence-electron chi connectivity index (χ1n) is 7.52. The van der Waals surface area contributed by atoms with Crippen LogP contribution in [-0.2, 0) is 11.3 Å². The molecule has 0 heterocycles. The van der Waals surface area contributed by atoms with Crippen molar-refractivity contribution >= 4 is 18.3 Å². The smallest absolute Gasteiger partial charge is 0.387 e. The maximum atomic E-state index is 12.5. The zero-order valence-electron chi connectivity index (χ0n) is 13.8. The highest BCUT2D eigenvalue weighted by atomic mass is 35.5. The van der Waals surface area contributed by atoms with Gasteiger partial charge in [0.15, 0.2) is 11.5 Å². The molecule has 1 aliphatic rings. The lowest BCUT2D eigenvalue weighted by molar-refractivity contribution is -0.136. The molecule has 0 spiro atoms. The molecule has 1 amide bonds. The minimum atomic E-state index is -2.94. The topological polar surface area (TPSA) is 64.8 Å². The van der Waals surface area contributed by atoms with Crippen molar-refractivity contribution in [3.63, 3.8) is 0 Å². The van der Waals surface area contributed by atoms with Crippen LogP contribution in [-0.4, -0.2) is 37.1 Å². The monoisotopic (exact) mass is 364 g/mol. The van der Waals surface area contributed by atoms with E-state index in [-0.39, 0.29) is 36.4 Å². The van der Waals surface area contributed by atoms with Crippen molar-refractivity contribution in [2.45, 2.75) is 44.4 Å². The number of halogens is 3. The van der Waals surface area contributed by atoms with Gasteiger partial charge in [-0.2, -0.15) is 8.78 Å². The molecular weight excluding hydrogens is 342 g/mol. The number of hydrogen-bond acceptors (Lipinski definition) is 4. The normalized spacial score (nSPS) is 15.8. The molecule has 0 unspecified atom stereocenters. The number of ether oxygens (including phenoxy) is 2. The fourth-order valence-electron chi connectivity index (χ4n) is 2.95. The maximum Gasteiger partial charge on any atom is 0.387 e. The van der Waals surface area contributed by atoms with E-state index in [0.717, 1.165) is 12.8 Å². The largest absolute Gasteiger partial charge is 0.493 e. The summed E-state index contributed by atoms with van der Waals surface area (Å²) in [5.74, 6) is 0.0421. The van der Waals surface area contributed by atoms with Gasteiger partial charge >= 0.3 is 6.61 Å². The Balaban J connectivity index is 0.00000288. The van der Waals surface area contributed by atoms with E-state index in [1.807, 2.05) is 0 Å². The van der Waals surface area contributed by atoms with Crippen LogP contribution < -0.4 is 15.2 Å². The lowest BCUT2D eigenvalue weighted by Gasteiger charge is -2.29. The molecule has 2 rings (SSSR count). The minimum Gasteiger partial charge on any atom is -0.493 e. The Labute approximate surface area is 146 Å². The standard InChI is InChI=1S/C16H22F2N2O3.ClH/c1-20(14(21)16(19)7-3-4-8-16)10-11-5-6-12(22-2)13(9-11)23-15(17)18;/h5-6,9,15H,3-4,7-8,10,19H2,1-2H3;1H. The van der Waals surface area contributed by atoms with Crippen LogP contribution in [0.15, 0.2) is 18.2 Å². The predicted octanol–water partition coefficient (Wildman–Crippen LogP) is 2.95. The molecule has 2 N–H and O–H groups in total. The van der Waals surface area contributed by atoms with Gasteiger partial charge in [-0.05, 0) is 30.5 Å². The summed E-state index contributed by atoms with van der Waals surface area (Å²) in [4.78, 5) is 14.0. The maximum absolute atomic E-state index is 12.5. The Hall–Kier alpha value is -1.60. The van der Waals surface area contributed by atoms with E-state index in [1.165, 1.54) is 18.1 Å². The van der Waals surface area contributed by atoms with Crippen LogP contribution in [0.25, 0.3) is 0 Å². The van der Waals surface area contributed by atoms with Gasteiger partial charge in [0.25, 0.3) is 0 Å². The van der Waals surface area contributed by atoms with E-state index < -0.39 is 12.2 Å². The third-order valence-corrected chi connectivity index (χ3v) is 4.13. The highest BCUT2D eigenvalue weighted by Gasteiger charge is 2.38. The fourth-order valence-corrected chi connectivity index (χ4v) is 2.95. The predicted molar refractivity (Wildman–Crippen MR) is 88.7 cm³/mol. The number of carbonyl (C=O) groups is 1. The van der Waals surface area contributed by atoms with Crippen LogP contribution in [0.1, 0.15) is 31.2 Å². The number of hydrogen-bond donors (Lipinski definition) is 1. The Morgan fingerprint density at radius 3 is 2.50 bits per heavy atom. The van der Waals surface area contributed by atoms with Gasteiger partial charge in [-0.1, -0.05) is 18.9 Å². The number of methoxy groups -OCH3 is 1. The summed E-state index contributed by atoms with van der Waals surface area (Å²) in [6, 6.07) is 4.70. The van der Waals surface area contributed by atoms with Crippen molar-refractivity contribution in [3.05, 3.63) is 23.8 Å². The van der Waals surface area contributed by atoms with Gasteiger partial charge < -0.3 is 20.1 Å². The van der Waals surface area contributed by atoms with Gasteiger partial charge in [0.1, 0.15) is 0 Å². The molecule has 0 atom stereocenters. The third-order valence-electron chi connectivity index (χ3n) is 4.13. The van der Waals surface area contributed by atoms with Crippen molar-refractivity contribution in [1.29, 1.82) is 0 Å². The molecule has 1 aromatic rings. The Bertz CT molecular complexity index is 566. The first-order valence-corrected chi connectivity index (χ1v) is 7.52. The van der Waals surface area contributed by atoms with Crippen LogP contribution in [0.5, 0.6) is 11.5 Å². The summed E-state index contributed by atoms with van der Waals surface area (Å²) in [5, 5.41) is 0. The third kappa shape index (κ3) is 4.70. The Kier molecular flexibility index (Phi) is 7.23. The van der Waals surface area contributed by atoms with Gasteiger partial charge in [-0.15, -0.1) is 12.4 Å². The molecule has 1 aromatic carbocycles. The molecule has 0 saturated heterocycles. The van der Waals surface area contributed by atoms with E-state index >= 15 is 0 Å². The van der Waals surface area contributed by atoms with Gasteiger partial charge in [-0.3, -0.25) is 4.79 Å². The zero-order valence-corrected chi connectivity index (χ0v) is 14.6. The van der Waals surface area contributed by atoms with E-state index in [9.17, 15) is 13.6 Å². The summed E-state index contributed by atoms with van der Waals surface area (Å²) >= 11 is 0. The van der Waals surface area contributed by atoms with Crippen molar-refractivity contribution < 1.29 is 23.0 Å². The molecule has 0 aromatic heterocycles. The lowest BCUT2D eigenvalue weighted by Crippen LogP contribution is -2.52. The van der Waals surface area contributed by atoms with Crippen LogP contribution >= 0.6 is 12.4 Å². The molecule has 1 saturated carbocycles. The quantitative estimate of drug-likeness (QED) is 0.842. The highest BCUT2D eigenvalue weighted by Crippen LogP contribution is 2.31. The van der Waals surface area contributed by atoms with Crippen LogP contribution in [0.2, 0.25) is 0 Å². The average molecular weight is 365 g/mol. The summed E-state index contributed by atoms with van der Waals surface area (Å²) in [7, 11) is 3.04. The molecule has 0 bridgehead atoms. The van der Waals surface area contributed by atoms with Crippen molar-refractivity contribution in [2.75, 3.05) is 14.2 Å².